The molecule has 2 aromatic heterocycles. The molecule has 96 valence electrons. The largest absolute Gasteiger partial charge is 0.496 e. The van der Waals surface area contributed by atoms with Crippen LogP contribution in [0.25, 0.3) is 22.0 Å². The van der Waals surface area contributed by atoms with Crippen LogP contribution in [0.3, 0.4) is 0 Å². The lowest BCUT2D eigenvalue weighted by Crippen LogP contribution is -1.97. The molecule has 1 aromatic carbocycles. The quantitative estimate of drug-likeness (QED) is 0.529. The van der Waals surface area contributed by atoms with Crippen molar-refractivity contribution in [3.8, 4) is 16.9 Å². The minimum absolute atomic E-state index is 0.0246. The second-order valence-corrected chi connectivity index (χ2v) is 4.65. The fourth-order valence-corrected chi connectivity index (χ4v) is 2.77. The first-order chi connectivity index (χ1) is 9.81. The molecule has 4 nitrogen and oxygen atoms in total. The molecule has 0 fully saturated rings. The van der Waals surface area contributed by atoms with Crippen LogP contribution in [0.2, 0.25) is 0 Å². The minimum atomic E-state index is -0.0246. The predicted molar refractivity (Wildman–Crippen MR) is 75.0 cm³/mol. The molecule has 4 heteroatoms. The van der Waals surface area contributed by atoms with Crippen molar-refractivity contribution in [1.82, 2.24) is 9.97 Å². The lowest BCUT2D eigenvalue weighted by Gasteiger charge is -2.09. The lowest BCUT2D eigenvalue weighted by atomic mass is 10.0. The highest BCUT2D eigenvalue weighted by molar-refractivity contribution is 6.25. The number of rotatable bonds is 1. The number of ketones is 1. The van der Waals surface area contributed by atoms with Gasteiger partial charge in [-0.2, -0.15) is 0 Å². The van der Waals surface area contributed by atoms with Gasteiger partial charge in [-0.1, -0.05) is 6.07 Å². The molecule has 0 saturated carbocycles. The van der Waals surface area contributed by atoms with E-state index < -0.39 is 0 Å². The van der Waals surface area contributed by atoms with E-state index in [1.54, 1.807) is 25.7 Å². The van der Waals surface area contributed by atoms with Gasteiger partial charge in [0.2, 0.25) is 0 Å². The minimum Gasteiger partial charge on any atom is -0.496 e. The number of benzene rings is 1. The van der Waals surface area contributed by atoms with Crippen LogP contribution in [-0.4, -0.2) is 22.9 Å². The maximum absolute atomic E-state index is 12.4. The number of hydrogen-bond donors (Lipinski definition) is 0. The first kappa shape index (κ1) is 11.1. The number of methoxy groups -OCH3 is 1. The van der Waals surface area contributed by atoms with E-state index in [0.717, 1.165) is 27.8 Å². The molecule has 20 heavy (non-hydrogen) atoms. The highest BCUT2D eigenvalue weighted by atomic mass is 16.5. The zero-order valence-corrected chi connectivity index (χ0v) is 10.8. The van der Waals surface area contributed by atoms with Crippen LogP contribution in [0, 0.1) is 0 Å². The highest BCUT2D eigenvalue weighted by Crippen LogP contribution is 2.43. The first-order valence-corrected chi connectivity index (χ1v) is 6.26. The second kappa shape index (κ2) is 3.87. The van der Waals surface area contributed by atoms with Crippen molar-refractivity contribution < 1.29 is 9.53 Å². The number of carbonyl (C=O) groups is 1. The summed E-state index contributed by atoms with van der Waals surface area (Å²) in [6.07, 6.45) is 4.95. The molecule has 0 saturated heterocycles. The number of fused-ring (bicyclic) bond motifs is 5. The molecule has 0 spiro atoms. The van der Waals surface area contributed by atoms with E-state index in [-0.39, 0.29) is 5.78 Å². The van der Waals surface area contributed by atoms with Crippen LogP contribution < -0.4 is 4.74 Å². The molecule has 0 N–H and O–H groups in total. The van der Waals surface area contributed by atoms with Crippen molar-refractivity contribution in [3.63, 3.8) is 0 Å². The van der Waals surface area contributed by atoms with Gasteiger partial charge in [-0.25, -0.2) is 0 Å². The summed E-state index contributed by atoms with van der Waals surface area (Å²) in [7, 11) is 1.62. The van der Waals surface area contributed by atoms with Crippen LogP contribution in [-0.2, 0) is 0 Å². The van der Waals surface area contributed by atoms with Crippen molar-refractivity contribution in [3.05, 3.63) is 54.0 Å². The number of hydrogen-bond acceptors (Lipinski definition) is 4. The molecular weight excluding hydrogens is 252 g/mol. The molecule has 0 aliphatic heterocycles. The molecule has 0 amide bonds. The van der Waals surface area contributed by atoms with Crippen LogP contribution in [0.1, 0.15) is 15.9 Å². The van der Waals surface area contributed by atoms with E-state index in [1.807, 2.05) is 24.3 Å². The molecule has 4 rings (SSSR count). The van der Waals surface area contributed by atoms with Crippen LogP contribution in [0.4, 0.5) is 0 Å². The van der Waals surface area contributed by atoms with Gasteiger partial charge in [0.1, 0.15) is 5.75 Å². The summed E-state index contributed by atoms with van der Waals surface area (Å²) in [6, 6.07) is 7.56. The Kier molecular flexibility index (Phi) is 2.15. The standard InChI is InChI=1S/C16H10N2O2/c1-20-13-4-2-3-12-15(13)14-9-5-6-17-7-10(9)16(19)11(14)8-18-12/h2-8H,1H3. The predicted octanol–water partition coefficient (Wildman–Crippen LogP) is 2.85. The smallest absolute Gasteiger partial charge is 0.197 e. The normalized spacial score (nSPS) is 12.3. The topological polar surface area (TPSA) is 52.1 Å². The number of pyridine rings is 2. The summed E-state index contributed by atoms with van der Waals surface area (Å²) in [5.74, 6) is 0.702. The van der Waals surface area contributed by atoms with Gasteiger partial charge in [0.25, 0.3) is 0 Å². The summed E-state index contributed by atoms with van der Waals surface area (Å²) < 4.78 is 5.44. The Bertz CT molecular complexity index is 871. The van der Waals surface area contributed by atoms with Gasteiger partial charge >= 0.3 is 0 Å². The van der Waals surface area contributed by atoms with Gasteiger partial charge in [-0.05, 0) is 23.8 Å². The molecule has 1 aliphatic carbocycles. The summed E-state index contributed by atoms with van der Waals surface area (Å²) in [4.78, 5) is 20.8. The molecule has 0 atom stereocenters. The zero-order chi connectivity index (χ0) is 13.7. The Balaban J connectivity index is 2.22. The third-order valence-electron chi connectivity index (χ3n) is 3.66. The van der Waals surface area contributed by atoms with Crippen molar-refractivity contribution in [2.45, 2.75) is 0 Å². The number of ether oxygens (including phenoxy) is 1. The first-order valence-electron chi connectivity index (χ1n) is 6.26. The van der Waals surface area contributed by atoms with Crippen molar-refractivity contribution in [2.24, 2.45) is 0 Å². The van der Waals surface area contributed by atoms with E-state index in [0.29, 0.717) is 11.1 Å². The third kappa shape index (κ3) is 1.28. The summed E-state index contributed by atoms with van der Waals surface area (Å²) in [5, 5.41) is 0.880. The molecule has 1 aliphatic rings. The molecule has 3 aromatic rings. The van der Waals surface area contributed by atoms with Crippen LogP contribution in [0.15, 0.2) is 42.9 Å². The van der Waals surface area contributed by atoms with E-state index in [1.165, 1.54) is 0 Å². The maximum atomic E-state index is 12.4. The van der Waals surface area contributed by atoms with Crippen molar-refractivity contribution in [1.29, 1.82) is 0 Å². The summed E-state index contributed by atoms with van der Waals surface area (Å²) in [6.45, 7) is 0. The maximum Gasteiger partial charge on any atom is 0.197 e. The number of nitrogens with zero attached hydrogens (tertiary/aromatic N) is 2. The van der Waals surface area contributed by atoms with Crippen molar-refractivity contribution in [2.75, 3.05) is 7.11 Å². The Morgan fingerprint density at radius 2 is 1.95 bits per heavy atom. The summed E-state index contributed by atoms with van der Waals surface area (Å²) in [5.41, 5.74) is 3.86. The Morgan fingerprint density at radius 3 is 2.80 bits per heavy atom. The van der Waals surface area contributed by atoms with Gasteiger partial charge in [-0.15, -0.1) is 0 Å². The van der Waals surface area contributed by atoms with Gasteiger partial charge in [-0.3, -0.25) is 14.8 Å². The van der Waals surface area contributed by atoms with Gasteiger partial charge in [0, 0.05) is 35.3 Å². The van der Waals surface area contributed by atoms with Crippen LogP contribution in [0.5, 0.6) is 5.75 Å². The SMILES string of the molecule is COc1cccc2ncc3c(c12)-c1ccncc1C3=O. The lowest BCUT2D eigenvalue weighted by molar-refractivity contribution is 0.104. The molecule has 2 heterocycles. The van der Waals surface area contributed by atoms with E-state index >= 15 is 0 Å². The third-order valence-corrected chi connectivity index (χ3v) is 3.66. The average Bonchev–Trinajstić information content (AvgIpc) is 2.80. The molecular formula is C16H10N2O2. The summed E-state index contributed by atoms with van der Waals surface area (Å²) >= 11 is 0. The van der Waals surface area contributed by atoms with Crippen molar-refractivity contribution >= 4 is 16.7 Å². The monoisotopic (exact) mass is 262 g/mol. The molecule has 0 bridgehead atoms. The van der Waals surface area contributed by atoms with E-state index in [9.17, 15) is 4.79 Å². The highest BCUT2D eigenvalue weighted by Gasteiger charge is 2.30. The Hall–Kier alpha value is -2.75. The fraction of sp³-hybridized carbons (Fsp3) is 0.0625. The van der Waals surface area contributed by atoms with Gasteiger partial charge in [0.15, 0.2) is 5.78 Å². The number of carbonyl (C=O) groups excluding carboxylic acids is 1. The van der Waals surface area contributed by atoms with Gasteiger partial charge in [0.05, 0.1) is 18.0 Å². The van der Waals surface area contributed by atoms with Crippen LogP contribution >= 0.6 is 0 Å². The zero-order valence-electron chi connectivity index (χ0n) is 10.8. The Morgan fingerprint density at radius 1 is 1.05 bits per heavy atom. The van der Waals surface area contributed by atoms with E-state index in [4.69, 9.17) is 4.74 Å². The van der Waals surface area contributed by atoms with Gasteiger partial charge < -0.3 is 4.74 Å². The second-order valence-electron chi connectivity index (χ2n) is 4.65. The average molecular weight is 262 g/mol. The fourth-order valence-electron chi connectivity index (χ4n) is 2.77. The molecule has 0 radical (unpaired) electrons. The Labute approximate surface area is 115 Å². The number of aromatic nitrogens is 2. The van der Waals surface area contributed by atoms with E-state index in [2.05, 4.69) is 9.97 Å². The molecule has 0 unspecified atom stereocenters.